The molecule has 1 saturated carbocycles. The van der Waals surface area contributed by atoms with Crippen molar-refractivity contribution < 1.29 is 24.6 Å². The summed E-state index contributed by atoms with van der Waals surface area (Å²) in [5.41, 5.74) is 0.472. The van der Waals surface area contributed by atoms with Crippen molar-refractivity contribution in [2.24, 2.45) is 11.8 Å². The third-order valence-electron chi connectivity index (χ3n) is 3.80. The van der Waals surface area contributed by atoms with E-state index in [0.29, 0.717) is 5.56 Å². The third kappa shape index (κ3) is 3.39. The zero-order chi connectivity index (χ0) is 15.4. The average molecular weight is 291 g/mol. The predicted octanol–water partition coefficient (Wildman–Crippen LogP) is 1.43. The Morgan fingerprint density at radius 3 is 2.05 bits per heavy atom. The van der Waals surface area contributed by atoms with Crippen molar-refractivity contribution in [3.63, 3.8) is 0 Å². The van der Waals surface area contributed by atoms with E-state index in [1.54, 1.807) is 30.3 Å². The summed E-state index contributed by atoms with van der Waals surface area (Å²) in [7, 11) is 0. The van der Waals surface area contributed by atoms with Gasteiger partial charge in [0.15, 0.2) is 5.92 Å². The Morgan fingerprint density at radius 1 is 1.05 bits per heavy atom. The van der Waals surface area contributed by atoms with E-state index in [0.717, 1.165) is 19.3 Å². The summed E-state index contributed by atoms with van der Waals surface area (Å²) in [6.07, 6.45) is 2.49. The minimum absolute atomic E-state index is 0.139. The Balaban J connectivity index is 2.27. The summed E-state index contributed by atoms with van der Waals surface area (Å²) in [6, 6.07) is 7.26. The first-order chi connectivity index (χ1) is 10.0. The summed E-state index contributed by atoms with van der Waals surface area (Å²) in [4.78, 5) is 34.6. The molecular formula is C15H17NO5. The molecule has 0 spiro atoms. The second-order valence-electron chi connectivity index (χ2n) is 5.18. The van der Waals surface area contributed by atoms with E-state index in [4.69, 9.17) is 10.2 Å². The first-order valence-electron chi connectivity index (χ1n) is 6.81. The summed E-state index contributed by atoms with van der Waals surface area (Å²) in [5.74, 6) is -5.06. The van der Waals surface area contributed by atoms with Gasteiger partial charge < -0.3 is 15.5 Å². The SMILES string of the molecule is O=C(NC(c1ccccc1)C(C(=O)O)C(=O)O)C1CCC1. The lowest BCUT2D eigenvalue weighted by atomic mass is 9.83. The number of carboxylic acid groups (broad SMARTS) is 2. The molecule has 21 heavy (non-hydrogen) atoms. The summed E-state index contributed by atoms with van der Waals surface area (Å²) in [6.45, 7) is 0. The number of nitrogens with one attached hydrogen (secondary N) is 1. The minimum Gasteiger partial charge on any atom is -0.481 e. The fraction of sp³-hybridized carbons (Fsp3) is 0.400. The standard InChI is InChI=1S/C15H17NO5/c17-13(10-7-4-8-10)16-12(9-5-2-1-3-6-9)11(14(18)19)15(20)21/h1-3,5-6,10-12H,4,7-8H2,(H,16,17)(H,18,19)(H,20,21). The molecule has 1 aliphatic carbocycles. The van der Waals surface area contributed by atoms with E-state index >= 15 is 0 Å². The Morgan fingerprint density at radius 2 is 1.62 bits per heavy atom. The van der Waals surface area contributed by atoms with Crippen LogP contribution >= 0.6 is 0 Å². The number of hydrogen-bond donors (Lipinski definition) is 3. The van der Waals surface area contributed by atoms with Crippen molar-refractivity contribution in [1.82, 2.24) is 5.32 Å². The maximum Gasteiger partial charge on any atom is 0.320 e. The largest absolute Gasteiger partial charge is 0.481 e. The first-order valence-corrected chi connectivity index (χ1v) is 6.81. The Bertz CT molecular complexity index is 524. The van der Waals surface area contributed by atoms with Gasteiger partial charge in [-0.25, -0.2) is 0 Å². The molecule has 0 aliphatic heterocycles. The van der Waals surface area contributed by atoms with Gasteiger partial charge in [-0.2, -0.15) is 0 Å². The number of carbonyl (C=O) groups is 3. The number of rotatable bonds is 6. The highest BCUT2D eigenvalue weighted by atomic mass is 16.4. The molecule has 0 saturated heterocycles. The maximum absolute atomic E-state index is 12.1. The van der Waals surface area contributed by atoms with Crippen LogP contribution in [0.25, 0.3) is 0 Å². The molecule has 0 heterocycles. The molecule has 6 heteroatoms. The molecule has 1 amide bonds. The molecule has 6 nitrogen and oxygen atoms in total. The second kappa shape index (κ2) is 6.39. The lowest BCUT2D eigenvalue weighted by molar-refractivity contribution is -0.156. The molecule has 1 aliphatic rings. The average Bonchev–Trinajstić information content (AvgIpc) is 2.36. The van der Waals surface area contributed by atoms with Gasteiger partial charge in [-0.05, 0) is 18.4 Å². The van der Waals surface area contributed by atoms with Crippen molar-refractivity contribution in [1.29, 1.82) is 0 Å². The topological polar surface area (TPSA) is 104 Å². The van der Waals surface area contributed by atoms with Gasteiger partial charge in [0.2, 0.25) is 5.91 Å². The number of aliphatic carboxylic acids is 2. The number of benzene rings is 1. The van der Waals surface area contributed by atoms with Gasteiger partial charge in [-0.3, -0.25) is 14.4 Å². The van der Waals surface area contributed by atoms with Crippen LogP contribution in [0.4, 0.5) is 0 Å². The molecule has 112 valence electrons. The van der Waals surface area contributed by atoms with Gasteiger partial charge in [0.1, 0.15) is 0 Å². The highest BCUT2D eigenvalue weighted by Gasteiger charge is 2.38. The van der Waals surface area contributed by atoms with Crippen molar-refractivity contribution in [3.05, 3.63) is 35.9 Å². The van der Waals surface area contributed by atoms with E-state index in [1.165, 1.54) is 0 Å². The van der Waals surface area contributed by atoms with E-state index in [2.05, 4.69) is 5.32 Å². The molecule has 3 N–H and O–H groups in total. The van der Waals surface area contributed by atoms with Crippen molar-refractivity contribution in [3.8, 4) is 0 Å². The summed E-state index contributed by atoms with van der Waals surface area (Å²) in [5, 5.41) is 20.9. The van der Waals surface area contributed by atoms with E-state index in [1.807, 2.05) is 0 Å². The van der Waals surface area contributed by atoms with Crippen LogP contribution in [0, 0.1) is 11.8 Å². The van der Waals surface area contributed by atoms with Gasteiger partial charge in [0, 0.05) is 5.92 Å². The Labute approximate surface area is 121 Å². The zero-order valence-electron chi connectivity index (χ0n) is 11.4. The van der Waals surface area contributed by atoms with Crippen LogP contribution in [0.5, 0.6) is 0 Å². The maximum atomic E-state index is 12.1. The fourth-order valence-corrected chi connectivity index (χ4v) is 2.35. The molecule has 0 radical (unpaired) electrons. The van der Waals surface area contributed by atoms with Crippen LogP contribution in [-0.4, -0.2) is 28.1 Å². The van der Waals surface area contributed by atoms with Crippen LogP contribution < -0.4 is 5.32 Å². The zero-order valence-corrected chi connectivity index (χ0v) is 11.4. The molecule has 1 unspecified atom stereocenters. The molecule has 1 atom stereocenters. The van der Waals surface area contributed by atoms with Crippen LogP contribution in [0.1, 0.15) is 30.9 Å². The Kier molecular flexibility index (Phi) is 4.57. The van der Waals surface area contributed by atoms with E-state index < -0.39 is 23.9 Å². The van der Waals surface area contributed by atoms with Crippen LogP contribution in [0.3, 0.4) is 0 Å². The quantitative estimate of drug-likeness (QED) is 0.688. The summed E-state index contributed by atoms with van der Waals surface area (Å²) >= 11 is 0. The number of carboxylic acids is 2. The highest BCUT2D eigenvalue weighted by Crippen LogP contribution is 2.29. The minimum atomic E-state index is -1.71. The molecule has 1 aromatic rings. The van der Waals surface area contributed by atoms with Crippen LogP contribution in [-0.2, 0) is 14.4 Å². The molecule has 1 fully saturated rings. The van der Waals surface area contributed by atoms with Gasteiger partial charge in [-0.15, -0.1) is 0 Å². The fourth-order valence-electron chi connectivity index (χ4n) is 2.35. The lowest BCUT2D eigenvalue weighted by Crippen LogP contribution is -2.44. The van der Waals surface area contributed by atoms with Crippen molar-refractivity contribution in [2.75, 3.05) is 0 Å². The predicted molar refractivity (Wildman–Crippen MR) is 73.4 cm³/mol. The van der Waals surface area contributed by atoms with Gasteiger partial charge in [-0.1, -0.05) is 36.8 Å². The van der Waals surface area contributed by atoms with Crippen LogP contribution in [0.2, 0.25) is 0 Å². The first kappa shape index (κ1) is 15.0. The Hall–Kier alpha value is -2.37. The van der Waals surface area contributed by atoms with E-state index in [9.17, 15) is 14.4 Å². The molecule has 2 rings (SSSR count). The third-order valence-corrected chi connectivity index (χ3v) is 3.80. The van der Waals surface area contributed by atoms with Gasteiger partial charge >= 0.3 is 11.9 Å². The second-order valence-corrected chi connectivity index (χ2v) is 5.18. The van der Waals surface area contributed by atoms with Crippen LogP contribution in [0.15, 0.2) is 30.3 Å². The monoisotopic (exact) mass is 291 g/mol. The van der Waals surface area contributed by atoms with Crippen molar-refractivity contribution in [2.45, 2.75) is 25.3 Å². The summed E-state index contributed by atoms with van der Waals surface area (Å²) < 4.78 is 0. The molecule has 1 aromatic carbocycles. The van der Waals surface area contributed by atoms with E-state index in [-0.39, 0.29) is 11.8 Å². The molecule has 0 aromatic heterocycles. The van der Waals surface area contributed by atoms with Gasteiger partial charge in [0.25, 0.3) is 0 Å². The molecular weight excluding hydrogens is 274 g/mol. The van der Waals surface area contributed by atoms with Crippen molar-refractivity contribution >= 4 is 17.8 Å². The number of hydrogen-bond acceptors (Lipinski definition) is 3. The molecule has 0 bridgehead atoms. The smallest absolute Gasteiger partial charge is 0.320 e. The highest BCUT2D eigenvalue weighted by molar-refractivity contribution is 5.95. The number of amides is 1. The van der Waals surface area contributed by atoms with Gasteiger partial charge in [0.05, 0.1) is 6.04 Å². The number of carbonyl (C=O) groups excluding carboxylic acids is 1. The normalized spacial score (nSPS) is 16.0. The lowest BCUT2D eigenvalue weighted by Gasteiger charge is -2.29.